The van der Waals surface area contributed by atoms with Crippen LogP contribution in [-0.2, 0) is 9.53 Å². The van der Waals surface area contributed by atoms with Gasteiger partial charge in [-0.3, -0.25) is 4.79 Å². The van der Waals surface area contributed by atoms with Crippen LogP contribution in [0.3, 0.4) is 0 Å². The van der Waals surface area contributed by atoms with Crippen molar-refractivity contribution in [1.82, 2.24) is 0 Å². The Hall–Kier alpha value is 0.0800. The number of hydrogen-bond donors (Lipinski definition) is 0. The maximum Gasteiger partial charge on any atom is 0.253 e. The van der Waals surface area contributed by atoms with Crippen molar-refractivity contribution < 1.29 is 9.53 Å². The molecule has 0 unspecified atom stereocenters. The third kappa shape index (κ3) is 2.30. The van der Waals surface area contributed by atoms with Crippen LogP contribution in [0.2, 0.25) is 0 Å². The third-order valence-corrected chi connectivity index (χ3v) is 2.44. The van der Waals surface area contributed by atoms with Crippen LogP contribution in [0.1, 0.15) is 13.8 Å². The van der Waals surface area contributed by atoms with Crippen molar-refractivity contribution in [3.8, 4) is 0 Å². The first-order valence-electron chi connectivity index (χ1n) is 3.79. The van der Waals surface area contributed by atoms with Gasteiger partial charge in [-0.05, 0) is 6.92 Å². The first kappa shape index (κ1) is 11.2. The molecule has 0 amide bonds. The predicted molar refractivity (Wildman–Crippen MR) is 53.1 cm³/mol. The minimum Gasteiger partial charge on any atom is -0.497 e. The maximum absolute atomic E-state index is 11.6. The summed E-state index contributed by atoms with van der Waals surface area (Å²) in [6.07, 6.45) is 0. The quantitative estimate of drug-likeness (QED) is 0.662. The van der Waals surface area contributed by atoms with Gasteiger partial charge in [0.15, 0.2) is 0 Å². The van der Waals surface area contributed by atoms with Crippen LogP contribution in [-0.4, -0.2) is 16.2 Å². The Labute approximate surface area is 91.8 Å². The molecule has 74 valence electrons. The molecule has 0 fully saturated rings. The van der Waals surface area contributed by atoms with Crippen molar-refractivity contribution in [2.24, 2.45) is 5.92 Å². The van der Waals surface area contributed by atoms with E-state index in [-0.39, 0.29) is 5.92 Å². The smallest absolute Gasteiger partial charge is 0.253 e. The van der Waals surface area contributed by atoms with Gasteiger partial charge in [-0.15, -0.1) is 0 Å². The van der Waals surface area contributed by atoms with Gasteiger partial charge >= 0.3 is 0 Å². The highest BCUT2D eigenvalue weighted by atomic mass is 35.6. The van der Waals surface area contributed by atoms with E-state index < -0.39 is 9.58 Å². The lowest BCUT2D eigenvalue weighted by molar-refractivity contribution is -0.115. The molecule has 1 aliphatic heterocycles. The van der Waals surface area contributed by atoms with Crippen molar-refractivity contribution in [3.63, 3.8) is 0 Å². The van der Waals surface area contributed by atoms with Crippen LogP contribution in [0.25, 0.3) is 0 Å². The molecule has 0 N–H and O–H groups in total. The second-order valence-electron chi connectivity index (χ2n) is 3.01. The first-order chi connectivity index (χ1) is 5.84. The molecule has 0 aromatic rings. The van der Waals surface area contributed by atoms with Crippen molar-refractivity contribution >= 4 is 40.6 Å². The van der Waals surface area contributed by atoms with Gasteiger partial charge in [-0.1, -0.05) is 41.7 Å². The molecule has 1 rings (SSSR count). The average molecular weight is 244 g/mol. The van der Waals surface area contributed by atoms with Crippen molar-refractivity contribution in [1.29, 1.82) is 0 Å². The largest absolute Gasteiger partial charge is 0.497 e. The molecule has 13 heavy (non-hydrogen) atoms. The van der Waals surface area contributed by atoms with E-state index in [0.29, 0.717) is 17.9 Å². The number of hydrogen-bond acceptors (Lipinski definition) is 2. The highest BCUT2D eigenvalue weighted by Gasteiger charge is 2.39. The molecule has 2 nitrogen and oxygen atoms in total. The maximum atomic E-state index is 11.6. The normalized spacial score (nSPS) is 23.3. The number of ether oxygens (including phenoxy) is 1. The number of halogens is 3. The molecule has 1 heterocycles. The highest BCUT2D eigenvalue weighted by Crippen LogP contribution is 2.36. The number of allylic oxidation sites excluding steroid dienone is 1. The molecule has 0 radical (unpaired) electrons. The van der Waals surface area contributed by atoms with Gasteiger partial charge in [0.05, 0.1) is 6.61 Å². The molecule has 0 aliphatic carbocycles. The fourth-order valence-electron chi connectivity index (χ4n) is 1.29. The van der Waals surface area contributed by atoms with Crippen LogP contribution in [0.5, 0.6) is 0 Å². The molecule has 0 aromatic heterocycles. The summed E-state index contributed by atoms with van der Waals surface area (Å²) in [4.78, 5) is 11.6. The van der Waals surface area contributed by atoms with Gasteiger partial charge in [-0.2, -0.15) is 0 Å². The van der Waals surface area contributed by atoms with E-state index in [1.165, 1.54) is 0 Å². The van der Waals surface area contributed by atoms with Gasteiger partial charge in [0.1, 0.15) is 5.76 Å². The zero-order valence-electron chi connectivity index (χ0n) is 7.23. The fraction of sp³-hybridized carbons (Fsp3) is 0.625. The lowest BCUT2D eigenvalue weighted by atomic mass is 10.00. The summed E-state index contributed by atoms with van der Waals surface area (Å²) < 4.78 is 3.30. The Morgan fingerprint density at radius 1 is 1.54 bits per heavy atom. The Morgan fingerprint density at radius 2 is 2.08 bits per heavy atom. The highest BCUT2D eigenvalue weighted by molar-refractivity contribution is 6.77. The SMILES string of the molecule is CC1=C(C(=O)C(Cl)(Cl)Cl)[C@@H](C)CO1. The van der Waals surface area contributed by atoms with Crippen LogP contribution >= 0.6 is 34.8 Å². The number of rotatable bonds is 1. The van der Waals surface area contributed by atoms with Gasteiger partial charge in [-0.25, -0.2) is 0 Å². The number of alkyl halides is 3. The first-order valence-corrected chi connectivity index (χ1v) is 4.92. The molecule has 0 bridgehead atoms. The summed E-state index contributed by atoms with van der Waals surface area (Å²) in [7, 11) is 0. The standard InChI is InChI=1S/C8H9Cl3O2/c1-4-3-13-5(2)6(4)7(12)8(9,10)11/h4H,3H2,1-2H3/t4-/m0/s1. The molecular weight excluding hydrogens is 234 g/mol. The summed E-state index contributed by atoms with van der Waals surface area (Å²) in [6, 6.07) is 0. The number of carbonyl (C=O) groups excluding carboxylic acids is 1. The Kier molecular flexibility index (Phi) is 3.16. The number of carbonyl (C=O) groups is 1. The molecule has 5 heteroatoms. The van der Waals surface area contributed by atoms with Gasteiger partial charge in [0.2, 0.25) is 5.78 Å². The van der Waals surface area contributed by atoms with E-state index in [1.807, 2.05) is 6.92 Å². The van der Waals surface area contributed by atoms with E-state index in [4.69, 9.17) is 39.5 Å². The Bertz CT molecular complexity index is 265. The summed E-state index contributed by atoms with van der Waals surface area (Å²) >= 11 is 16.5. The van der Waals surface area contributed by atoms with Crippen molar-refractivity contribution in [2.45, 2.75) is 17.6 Å². The summed E-state index contributed by atoms with van der Waals surface area (Å²) in [5.74, 6) is 0.0759. The molecule has 0 saturated carbocycles. The molecular formula is C8H9Cl3O2. The lowest BCUT2D eigenvalue weighted by Gasteiger charge is -2.12. The molecule has 0 saturated heterocycles. The zero-order valence-corrected chi connectivity index (χ0v) is 9.50. The van der Waals surface area contributed by atoms with E-state index in [1.54, 1.807) is 6.92 Å². The lowest BCUT2D eigenvalue weighted by Crippen LogP contribution is -2.23. The average Bonchev–Trinajstić information content (AvgIpc) is 2.28. The van der Waals surface area contributed by atoms with E-state index in [2.05, 4.69) is 0 Å². The molecule has 0 spiro atoms. The van der Waals surface area contributed by atoms with Crippen LogP contribution in [0, 0.1) is 5.92 Å². The summed E-state index contributed by atoms with van der Waals surface area (Å²) in [5, 5.41) is 0. The monoisotopic (exact) mass is 242 g/mol. The third-order valence-electron chi connectivity index (χ3n) is 1.92. The topological polar surface area (TPSA) is 26.3 Å². The number of ketones is 1. The van der Waals surface area contributed by atoms with Gasteiger partial charge in [0, 0.05) is 11.5 Å². The second-order valence-corrected chi connectivity index (χ2v) is 5.29. The minimum atomic E-state index is -1.88. The number of Topliss-reactive ketones (excluding diaryl/α,β-unsaturated/α-hetero) is 1. The summed E-state index contributed by atoms with van der Waals surface area (Å²) in [5.41, 5.74) is 0.486. The van der Waals surface area contributed by atoms with Crippen molar-refractivity contribution in [2.75, 3.05) is 6.61 Å². The van der Waals surface area contributed by atoms with E-state index in [0.717, 1.165) is 0 Å². The Balaban J connectivity index is 2.95. The molecule has 0 aromatic carbocycles. The van der Waals surface area contributed by atoms with Crippen LogP contribution in [0.4, 0.5) is 0 Å². The predicted octanol–water partition coefficient (Wildman–Crippen LogP) is 2.87. The van der Waals surface area contributed by atoms with E-state index in [9.17, 15) is 4.79 Å². The minimum absolute atomic E-state index is 0.00289. The zero-order chi connectivity index (χ0) is 10.2. The molecule has 1 aliphatic rings. The molecule has 1 atom stereocenters. The van der Waals surface area contributed by atoms with Crippen LogP contribution < -0.4 is 0 Å². The Morgan fingerprint density at radius 3 is 2.38 bits per heavy atom. The van der Waals surface area contributed by atoms with Crippen molar-refractivity contribution in [3.05, 3.63) is 11.3 Å². The van der Waals surface area contributed by atoms with Gasteiger partial charge < -0.3 is 4.74 Å². The fourth-order valence-corrected chi connectivity index (χ4v) is 1.60. The van der Waals surface area contributed by atoms with Crippen LogP contribution in [0.15, 0.2) is 11.3 Å². The second kappa shape index (κ2) is 3.68. The van der Waals surface area contributed by atoms with Gasteiger partial charge in [0.25, 0.3) is 3.79 Å². The summed E-state index contributed by atoms with van der Waals surface area (Å²) in [6.45, 7) is 4.04. The van der Waals surface area contributed by atoms with E-state index >= 15 is 0 Å².